The van der Waals surface area contributed by atoms with E-state index in [9.17, 15) is 8.42 Å². The summed E-state index contributed by atoms with van der Waals surface area (Å²) in [6.45, 7) is 0. The lowest BCUT2D eigenvalue weighted by Gasteiger charge is -1.95. The van der Waals surface area contributed by atoms with Crippen molar-refractivity contribution in [2.24, 2.45) is 0 Å². The zero-order valence-electron chi connectivity index (χ0n) is 10.1. The fourth-order valence-corrected chi connectivity index (χ4v) is 2.31. The van der Waals surface area contributed by atoms with E-state index in [0.29, 0.717) is 17.1 Å². The summed E-state index contributed by atoms with van der Waals surface area (Å²) >= 11 is 0. The maximum Gasteiger partial charge on any atom is 0.294 e. The van der Waals surface area contributed by atoms with Crippen molar-refractivity contribution >= 4 is 26.9 Å². The monoisotopic (exact) mass is 290 g/mol. The van der Waals surface area contributed by atoms with E-state index in [0.717, 1.165) is 5.56 Å². The average Bonchev–Trinajstić information content (AvgIpc) is 2.81. The Morgan fingerprint density at radius 1 is 1.10 bits per heavy atom. The predicted molar refractivity (Wildman–Crippen MR) is 73.7 cm³/mol. The molecule has 102 valence electrons. The summed E-state index contributed by atoms with van der Waals surface area (Å²) in [4.78, 5) is 4.02. The van der Waals surface area contributed by atoms with Crippen LogP contribution in [0, 0.1) is 0 Å². The Morgan fingerprint density at radius 3 is 2.45 bits per heavy atom. The Balaban J connectivity index is 2.13. The lowest BCUT2D eigenvalue weighted by molar-refractivity contribution is 0.483. The van der Waals surface area contributed by atoms with Crippen LogP contribution in [0.3, 0.4) is 0 Å². The Bertz CT molecular complexity index is 882. The molecule has 0 atom stereocenters. The first kappa shape index (κ1) is 12.6. The number of oxazole rings is 1. The molecule has 3 N–H and O–H groups in total. The van der Waals surface area contributed by atoms with Crippen LogP contribution in [0.5, 0.6) is 0 Å². The third kappa shape index (κ3) is 2.24. The molecule has 0 aliphatic rings. The number of anilines is 1. The van der Waals surface area contributed by atoms with Crippen LogP contribution < -0.4 is 5.73 Å². The summed E-state index contributed by atoms with van der Waals surface area (Å²) in [5.74, 6) is 0.354. The van der Waals surface area contributed by atoms with Gasteiger partial charge in [-0.3, -0.25) is 4.55 Å². The number of nitrogens with two attached hydrogens (primary N) is 1. The molecule has 20 heavy (non-hydrogen) atoms. The van der Waals surface area contributed by atoms with Crippen molar-refractivity contribution in [3.8, 4) is 11.5 Å². The van der Waals surface area contributed by atoms with Crippen molar-refractivity contribution in [3.05, 3.63) is 42.5 Å². The summed E-state index contributed by atoms with van der Waals surface area (Å²) in [6.07, 6.45) is 0. The summed E-state index contributed by atoms with van der Waals surface area (Å²) < 4.78 is 36.6. The number of hydrogen-bond acceptors (Lipinski definition) is 5. The maximum atomic E-state index is 11.1. The van der Waals surface area contributed by atoms with E-state index in [1.165, 1.54) is 18.2 Å². The fraction of sp³-hybridized carbons (Fsp3) is 0. The Hall–Kier alpha value is -2.38. The van der Waals surface area contributed by atoms with Crippen LogP contribution in [0.25, 0.3) is 22.6 Å². The van der Waals surface area contributed by atoms with Gasteiger partial charge < -0.3 is 10.2 Å². The number of nitrogens with zero attached hydrogens (tertiary/aromatic N) is 1. The topological polar surface area (TPSA) is 106 Å². The largest absolute Gasteiger partial charge is 0.436 e. The van der Waals surface area contributed by atoms with E-state index >= 15 is 0 Å². The molecule has 1 aromatic heterocycles. The van der Waals surface area contributed by atoms with Gasteiger partial charge in [0, 0.05) is 17.3 Å². The van der Waals surface area contributed by atoms with Crippen LogP contribution in [0.1, 0.15) is 0 Å². The van der Waals surface area contributed by atoms with E-state index in [2.05, 4.69) is 4.98 Å². The second-order valence-corrected chi connectivity index (χ2v) is 5.67. The first-order valence-electron chi connectivity index (χ1n) is 5.67. The molecule has 0 unspecified atom stereocenters. The van der Waals surface area contributed by atoms with Crippen LogP contribution >= 0.6 is 0 Å². The molecule has 0 aliphatic heterocycles. The van der Waals surface area contributed by atoms with Gasteiger partial charge in [0.1, 0.15) is 5.52 Å². The molecule has 1 heterocycles. The number of nitrogen functional groups attached to an aromatic ring is 1. The van der Waals surface area contributed by atoms with Gasteiger partial charge in [-0.05, 0) is 36.4 Å². The van der Waals surface area contributed by atoms with E-state index < -0.39 is 10.1 Å². The van der Waals surface area contributed by atoms with Crippen molar-refractivity contribution in [1.29, 1.82) is 0 Å². The van der Waals surface area contributed by atoms with E-state index in [1.807, 2.05) is 0 Å². The van der Waals surface area contributed by atoms with Crippen molar-refractivity contribution < 1.29 is 17.4 Å². The van der Waals surface area contributed by atoms with Gasteiger partial charge in [-0.15, -0.1) is 0 Å². The minimum atomic E-state index is -4.26. The summed E-state index contributed by atoms with van der Waals surface area (Å²) in [5, 5.41) is 0. The van der Waals surface area contributed by atoms with Gasteiger partial charge >= 0.3 is 0 Å². The van der Waals surface area contributed by atoms with Crippen LogP contribution in [-0.4, -0.2) is 18.0 Å². The van der Waals surface area contributed by atoms with Crippen molar-refractivity contribution in [2.45, 2.75) is 4.90 Å². The average molecular weight is 290 g/mol. The van der Waals surface area contributed by atoms with E-state index in [1.54, 1.807) is 24.3 Å². The maximum absolute atomic E-state index is 11.1. The molecule has 0 radical (unpaired) electrons. The molecule has 7 heteroatoms. The molecule has 2 aromatic carbocycles. The van der Waals surface area contributed by atoms with E-state index in [-0.39, 0.29) is 10.5 Å². The Morgan fingerprint density at radius 2 is 1.80 bits per heavy atom. The van der Waals surface area contributed by atoms with Gasteiger partial charge in [0.15, 0.2) is 5.58 Å². The van der Waals surface area contributed by atoms with Gasteiger partial charge in [0.05, 0.1) is 4.90 Å². The smallest absolute Gasteiger partial charge is 0.294 e. The summed E-state index contributed by atoms with van der Waals surface area (Å²) in [5.41, 5.74) is 7.74. The highest BCUT2D eigenvalue weighted by Gasteiger charge is 2.14. The van der Waals surface area contributed by atoms with Crippen molar-refractivity contribution in [1.82, 2.24) is 4.98 Å². The Labute approximate surface area is 114 Å². The lowest BCUT2D eigenvalue weighted by Crippen LogP contribution is -1.96. The molecule has 6 nitrogen and oxygen atoms in total. The van der Waals surface area contributed by atoms with Crippen LogP contribution in [0.4, 0.5) is 5.69 Å². The van der Waals surface area contributed by atoms with Crippen LogP contribution in [0.2, 0.25) is 0 Å². The minimum Gasteiger partial charge on any atom is -0.436 e. The third-order valence-electron chi connectivity index (χ3n) is 2.82. The molecule has 3 aromatic rings. The number of benzene rings is 2. The van der Waals surface area contributed by atoms with E-state index in [4.69, 9.17) is 14.7 Å². The Kier molecular flexibility index (Phi) is 2.73. The molecule has 0 fully saturated rings. The molecule has 0 bridgehead atoms. The molecule has 3 rings (SSSR count). The van der Waals surface area contributed by atoms with Crippen LogP contribution in [-0.2, 0) is 10.1 Å². The second kappa shape index (κ2) is 4.32. The minimum absolute atomic E-state index is 0.231. The molecule has 0 amide bonds. The van der Waals surface area contributed by atoms with Crippen LogP contribution in [0.15, 0.2) is 51.8 Å². The third-order valence-corrected chi connectivity index (χ3v) is 3.67. The molecular weight excluding hydrogens is 280 g/mol. The number of hydrogen-bond donors (Lipinski definition) is 2. The lowest BCUT2D eigenvalue weighted by atomic mass is 10.2. The van der Waals surface area contributed by atoms with Gasteiger partial charge in [-0.1, -0.05) is 0 Å². The highest BCUT2D eigenvalue weighted by atomic mass is 32.2. The van der Waals surface area contributed by atoms with Crippen molar-refractivity contribution in [2.75, 3.05) is 5.73 Å². The first-order valence-corrected chi connectivity index (χ1v) is 7.11. The molecule has 0 aliphatic carbocycles. The SMILES string of the molecule is Nc1ccc(-c2nc3ccc(S(=O)(=O)O)cc3o2)cc1. The van der Waals surface area contributed by atoms with Gasteiger partial charge in [0.2, 0.25) is 5.89 Å². The molecule has 0 spiro atoms. The molecule has 0 saturated heterocycles. The standard InChI is InChI=1S/C13H10N2O4S/c14-9-3-1-8(2-4-9)13-15-11-6-5-10(20(16,17)18)7-12(11)19-13/h1-7H,14H2,(H,16,17,18). The number of aromatic nitrogens is 1. The van der Waals surface area contributed by atoms with Gasteiger partial charge in [-0.2, -0.15) is 8.42 Å². The quantitative estimate of drug-likeness (QED) is 0.554. The number of fused-ring (bicyclic) bond motifs is 1. The fourth-order valence-electron chi connectivity index (χ4n) is 1.81. The van der Waals surface area contributed by atoms with Crippen molar-refractivity contribution in [3.63, 3.8) is 0 Å². The van der Waals surface area contributed by atoms with Gasteiger partial charge in [0.25, 0.3) is 10.1 Å². The number of rotatable bonds is 2. The highest BCUT2D eigenvalue weighted by molar-refractivity contribution is 7.85. The zero-order chi connectivity index (χ0) is 14.3. The molecular formula is C13H10N2O4S. The summed E-state index contributed by atoms with van der Waals surface area (Å²) in [6, 6.07) is 10.9. The zero-order valence-corrected chi connectivity index (χ0v) is 11.0. The van der Waals surface area contributed by atoms with Gasteiger partial charge in [-0.25, -0.2) is 4.98 Å². The highest BCUT2D eigenvalue weighted by Crippen LogP contribution is 2.26. The summed E-state index contributed by atoms with van der Waals surface area (Å²) in [7, 11) is -4.26. The normalized spacial score (nSPS) is 11.8. The second-order valence-electron chi connectivity index (χ2n) is 4.25. The first-order chi connectivity index (χ1) is 9.43. The predicted octanol–water partition coefficient (Wildman–Crippen LogP) is 2.32. The molecule has 0 saturated carbocycles.